The van der Waals surface area contributed by atoms with Crippen molar-refractivity contribution in [1.82, 2.24) is 9.80 Å². The lowest BCUT2D eigenvalue weighted by Gasteiger charge is -2.39. The molecule has 0 aromatic heterocycles. The first-order valence-electron chi connectivity index (χ1n) is 20.1. The van der Waals surface area contributed by atoms with Gasteiger partial charge in [-0.3, -0.25) is 0 Å². The minimum Gasteiger partial charge on any atom is -0.394 e. The molecule has 0 bridgehead atoms. The van der Waals surface area contributed by atoms with Gasteiger partial charge in [0.1, 0.15) is 73.2 Å². The molecule has 0 spiro atoms. The van der Waals surface area contributed by atoms with Crippen molar-refractivity contribution in [2.24, 2.45) is 0 Å². The van der Waals surface area contributed by atoms with E-state index in [1.54, 1.807) is 31.3 Å². The number of nitrogens with zero attached hydrogens (tertiary/aromatic N) is 2. The maximum absolute atomic E-state index is 10.7. The maximum atomic E-state index is 10.7. The summed E-state index contributed by atoms with van der Waals surface area (Å²) in [6, 6.07) is 18.1. The molecule has 16 N–H and O–H groups in total. The second-order valence-corrected chi connectivity index (χ2v) is 15.6. The zero-order valence-corrected chi connectivity index (χ0v) is 34.5. The molecule has 18 atom stereocenters. The summed E-state index contributed by atoms with van der Waals surface area (Å²) >= 11 is 0. The molecule has 0 radical (unpaired) electrons. The number of aliphatic hydroxyl groups is 16. The van der Waals surface area contributed by atoms with Crippen LogP contribution >= 0.6 is 0 Å². The molecule has 2 aromatic carbocycles. The number of ether oxygens (including phenoxy) is 4. The Morgan fingerprint density at radius 1 is 0.468 bits per heavy atom. The number of hydrogen-bond acceptors (Lipinski definition) is 22. The molecule has 0 aliphatic carbocycles. The third-order valence-corrected chi connectivity index (χ3v) is 10.4. The molecule has 2 fully saturated rings. The van der Waals surface area contributed by atoms with E-state index in [0.717, 1.165) is 0 Å². The van der Waals surface area contributed by atoms with Crippen LogP contribution in [0.2, 0.25) is 0 Å². The average Bonchev–Trinajstić information content (AvgIpc) is 3.27. The van der Waals surface area contributed by atoms with Crippen molar-refractivity contribution >= 4 is 0 Å². The van der Waals surface area contributed by atoms with E-state index in [9.17, 15) is 71.5 Å². The molecule has 2 aliphatic rings. The third-order valence-electron chi connectivity index (χ3n) is 10.4. The van der Waals surface area contributed by atoms with E-state index < -0.39 is 123 Å². The van der Waals surface area contributed by atoms with Crippen LogP contribution < -0.4 is 0 Å². The van der Waals surface area contributed by atoms with Gasteiger partial charge in [0.2, 0.25) is 0 Å². The Kier molecular flexibility index (Phi) is 23.0. The smallest absolute Gasteiger partial charge is 0.184 e. The van der Waals surface area contributed by atoms with Gasteiger partial charge in [-0.2, -0.15) is 0 Å². The van der Waals surface area contributed by atoms with Crippen LogP contribution in [0.1, 0.15) is 23.7 Å². The summed E-state index contributed by atoms with van der Waals surface area (Å²) in [5.74, 6) is 0. The van der Waals surface area contributed by atoms with E-state index in [1.165, 1.54) is 16.8 Å². The zero-order chi connectivity index (χ0) is 46.3. The van der Waals surface area contributed by atoms with Crippen molar-refractivity contribution < 1.29 is 101 Å². The SMILES string of the molecule is CN(CC(O)C(O)C(O)C(O)CO)CC(O)C(O)C(O)C(O)CO.CN(CC(O)C(O)C1OC(c2ccccc2)OCC1O)CC(O)C(O)C1OC(c2ccccc2)OCC1O. The first-order valence-corrected chi connectivity index (χ1v) is 20.1. The highest BCUT2D eigenvalue weighted by Crippen LogP contribution is 2.30. The Labute approximate surface area is 358 Å². The largest absolute Gasteiger partial charge is 0.394 e. The molecular formula is C40H66N2O20. The summed E-state index contributed by atoms with van der Waals surface area (Å²) < 4.78 is 22.6. The molecule has 0 amide bonds. The van der Waals surface area contributed by atoms with Crippen LogP contribution in [0.3, 0.4) is 0 Å². The van der Waals surface area contributed by atoms with Gasteiger partial charge in [0, 0.05) is 37.3 Å². The molecule has 2 saturated heterocycles. The van der Waals surface area contributed by atoms with Crippen molar-refractivity contribution in [1.29, 1.82) is 0 Å². The Bertz CT molecular complexity index is 1390. The van der Waals surface area contributed by atoms with Crippen molar-refractivity contribution in [3.63, 3.8) is 0 Å². The Balaban J connectivity index is 0.000000370. The van der Waals surface area contributed by atoms with Crippen LogP contribution in [0, 0.1) is 0 Å². The Morgan fingerprint density at radius 3 is 1.06 bits per heavy atom. The number of rotatable bonds is 22. The molecule has 18 unspecified atom stereocenters. The standard InChI is InChI=1S/C27H37NO10.C13H29NO10/c1-28(12-18(29)22(33)24-20(31)14-35-26(37-24)16-8-4-2-5-9-16)13-19(30)23(34)25-21(32)15-36-27(38-25)17-10-6-3-7-11-17;1-14(2-6(17)10(21)12(23)8(19)4-15)3-7(18)11(22)13(24)9(20)5-16/h2-11,18-27,29-34H,12-15H2,1H3;6-13,15-24H,2-5H2,1H3. The monoisotopic (exact) mass is 894 g/mol. The van der Waals surface area contributed by atoms with E-state index >= 15 is 0 Å². The minimum atomic E-state index is -1.78. The fourth-order valence-corrected chi connectivity index (χ4v) is 6.72. The number of benzene rings is 2. The van der Waals surface area contributed by atoms with Crippen LogP contribution in [0.5, 0.6) is 0 Å². The molecule has 2 aliphatic heterocycles. The first kappa shape index (κ1) is 53.9. The summed E-state index contributed by atoms with van der Waals surface area (Å²) in [5, 5.41) is 157. The van der Waals surface area contributed by atoms with E-state index in [2.05, 4.69) is 0 Å². The zero-order valence-electron chi connectivity index (χ0n) is 34.5. The second-order valence-electron chi connectivity index (χ2n) is 15.6. The quantitative estimate of drug-likeness (QED) is 0.0522. The molecule has 0 saturated carbocycles. The van der Waals surface area contributed by atoms with Gasteiger partial charge in [0.15, 0.2) is 12.6 Å². The fraction of sp³-hybridized carbons (Fsp3) is 0.700. The summed E-state index contributed by atoms with van der Waals surface area (Å²) in [6.45, 7) is -2.53. The van der Waals surface area contributed by atoms with Gasteiger partial charge < -0.3 is 110 Å². The number of aliphatic hydroxyl groups excluding tert-OH is 16. The summed E-state index contributed by atoms with van der Waals surface area (Å²) in [5.41, 5.74) is 1.43. The lowest BCUT2D eigenvalue weighted by molar-refractivity contribution is -0.284. The van der Waals surface area contributed by atoms with Gasteiger partial charge in [0.25, 0.3) is 0 Å². The molecule has 4 rings (SSSR count). The van der Waals surface area contributed by atoms with Crippen molar-refractivity contribution in [2.45, 2.75) is 110 Å². The van der Waals surface area contributed by atoms with Crippen LogP contribution in [-0.2, 0) is 18.9 Å². The Morgan fingerprint density at radius 2 is 0.758 bits per heavy atom. The molecule has 22 heteroatoms. The van der Waals surface area contributed by atoms with Crippen LogP contribution in [-0.4, -0.2) is 256 Å². The first-order chi connectivity index (χ1) is 29.3. The van der Waals surface area contributed by atoms with Gasteiger partial charge in [-0.1, -0.05) is 60.7 Å². The van der Waals surface area contributed by atoms with Gasteiger partial charge >= 0.3 is 0 Å². The van der Waals surface area contributed by atoms with Crippen LogP contribution in [0.4, 0.5) is 0 Å². The van der Waals surface area contributed by atoms with Crippen molar-refractivity contribution in [2.75, 3.05) is 66.7 Å². The summed E-state index contributed by atoms with van der Waals surface area (Å²) in [6.07, 6.45) is -25.1. The normalized spacial score (nSPS) is 28.0. The highest BCUT2D eigenvalue weighted by Gasteiger charge is 2.42. The fourth-order valence-electron chi connectivity index (χ4n) is 6.72. The molecule has 62 heavy (non-hydrogen) atoms. The summed E-state index contributed by atoms with van der Waals surface area (Å²) in [7, 11) is 2.99. The predicted molar refractivity (Wildman–Crippen MR) is 213 cm³/mol. The topological polar surface area (TPSA) is 367 Å². The highest BCUT2D eigenvalue weighted by atomic mass is 16.7. The van der Waals surface area contributed by atoms with E-state index in [4.69, 9.17) is 29.2 Å². The van der Waals surface area contributed by atoms with Gasteiger partial charge in [-0.15, -0.1) is 0 Å². The second kappa shape index (κ2) is 26.5. The van der Waals surface area contributed by atoms with E-state index in [1.807, 2.05) is 36.4 Å². The molecule has 356 valence electrons. The third kappa shape index (κ3) is 15.9. The van der Waals surface area contributed by atoms with E-state index in [-0.39, 0.29) is 39.4 Å². The lowest BCUT2D eigenvalue weighted by Crippen LogP contribution is -2.55. The maximum Gasteiger partial charge on any atom is 0.184 e. The lowest BCUT2D eigenvalue weighted by atomic mass is 10.00. The molecule has 2 aromatic rings. The van der Waals surface area contributed by atoms with Crippen molar-refractivity contribution in [3.8, 4) is 0 Å². The highest BCUT2D eigenvalue weighted by molar-refractivity contribution is 5.17. The van der Waals surface area contributed by atoms with Crippen LogP contribution in [0.25, 0.3) is 0 Å². The minimum absolute atomic E-state index is 0.0772. The van der Waals surface area contributed by atoms with Gasteiger partial charge in [-0.25, -0.2) is 0 Å². The van der Waals surface area contributed by atoms with Crippen molar-refractivity contribution in [3.05, 3.63) is 71.8 Å². The van der Waals surface area contributed by atoms with Crippen LogP contribution in [0.15, 0.2) is 60.7 Å². The van der Waals surface area contributed by atoms with Gasteiger partial charge in [-0.05, 0) is 14.1 Å². The van der Waals surface area contributed by atoms with Gasteiger partial charge in [0.05, 0.1) is 50.8 Å². The molecule has 2 heterocycles. The Hall–Kier alpha value is -2.44. The summed E-state index contributed by atoms with van der Waals surface area (Å²) in [4.78, 5) is 2.78. The number of likely N-dealkylation sites (N-methyl/N-ethyl adjacent to an activating group) is 2. The molecule has 22 nitrogen and oxygen atoms in total. The predicted octanol–water partition coefficient (Wildman–Crippen LogP) is -6.90. The average molecular weight is 895 g/mol. The number of hydrogen-bond donors (Lipinski definition) is 16. The molecular weight excluding hydrogens is 828 g/mol. The van der Waals surface area contributed by atoms with E-state index in [0.29, 0.717) is 11.1 Å².